The van der Waals surface area contributed by atoms with Crippen LogP contribution in [0.3, 0.4) is 0 Å². The number of aromatic nitrogens is 2. The molecule has 0 aliphatic heterocycles. The third-order valence-corrected chi connectivity index (χ3v) is 2.85. The molecule has 2 aromatic rings. The molecule has 6 nitrogen and oxygen atoms in total. The molecule has 1 heterocycles. The summed E-state index contributed by atoms with van der Waals surface area (Å²) >= 11 is 0. The number of hydrogen-bond donors (Lipinski definition) is 1. The summed E-state index contributed by atoms with van der Waals surface area (Å²) in [6.07, 6.45) is 2.09. The van der Waals surface area contributed by atoms with Crippen molar-refractivity contribution in [3.8, 4) is 17.1 Å². The maximum absolute atomic E-state index is 10.4. The second-order valence-electron chi connectivity index (χ2n) is 4.34. The maximum atomic E-state index is 10.4. The summed E-state index contributed by atoms with van der Waals surface area (Å²) in [6, 6.07) is 7.38. The SMILES string of the molecule is COc1ccc(-c2noc(CCCCC(=O)O)n2)cc1. The Kier molecular flexibility index (Phi) is 4.70. The Balaban J connectivity index is 1.92. The van der Waals surface area contributed by atoms with E-state index < -0.39 is 5.97 Å². The lowest BCUT2D eigenvalue weighted by atomic mass is 10.2. The second-order valence-corrected chi connectivity index (χ2v) is 4.34. The average molecular weight is 276 g/mol. The highest BCUT2D eigenvalue weighted by Crippen LogP contribution is 2.20. The Hall–Kier alpha value is -2.37. The van der Waals surface area contributed by atoms with E-state index in [-0.39, 0.29) is 6.42 Å². The number of unbranched alkanes of at least 4 members (excludes halogenated alkanes) is 1. The molecule has 0 bridgehead atoms. The van der Waals surface area contributed by atoms with Crippen molar-refractivity contribution < 1.29 is 19.2 Å². The summed E-state index contributed by atoms with van der Waals surface area (Å²) in [7, 11) is 1.61. The van der Waals surface area contributed by atoms with Gasteiger partial charge in [-0.15, -0.1) is 0 Å². The third-order valence-electron chi connectivity index (χ3n) is 2.85. The zero-order chi connectivity index (χ0) is 14.4. The van der Waals surface area contributed by atoms with Crippen molar-refractivity contribution in [3.63, 3.8) is 0 Å². The van der Waals surface area contributed by atoms with Crippen molar-refractivity contribution in [2.45, 2.75) is 25.7 Å². The molecule has 0 aliphatic carbocycles. The first-order valence-electron chi connectivity index (χ1n) is 6.38. The van der Waals surface area contributed by atoms with Crippen LogP contribution in [0, 0.1) is 0 Å². The third kappa shape index (κ3) is 3.81. The Morgan fingerprint density at radius 2 is 2.05 bits per heavy atom. The zero-order valence-electron chi connectivity index (χ0n) is 11.2. The summed E-state index contributed by atoms with van der Waals surface area (Å²) < 4.78 is 10.2. The molecule has 0 unspecified atom stereocenters. The van der Waals surface area contributed by atoms with Crippen molar-refractivity contribution in [1.29, 1.82) is 0 Å². The van der Waals surface area contributed by atoms with Gasteiger partial charge in [0.25, 0.3) is 0 Å². The molecule has 0 aliphatic rings. The van der Waals surface area contributed by atoms with E-state index in [9.17, 15) is 4.79 Å². The van der Waals surface area contributed by atoms with Gasteiger partial charge in [-0.25, -0.2) is 0 Å². The normalized spacial score (nSPS) is 10.4. The molecule has 6 heteroatoms. The lowest BCUT2D eigenvalue weighted by molar-refractivity contribution is -0.137. The summed E-state index contributed by atoms with van der Waals surface area (Å²) in [6.45, 7) is 0. The number of nitrogens with zero attached hydrogens (tertiary/aromatic N) is 2. The molecular weight excluding hydrogens is 260 g/mol. The monoisotopic (exact) mass is 276 g/mol. The van der Waals surface area contributed by atoms with Crippen molar-refractivity contribution in [1.82, 2.24) is 10.1 Å². The Morgan fingerprint density at radius 3 is 2.70 bits per heavy atom. The van der Waals surface area contributed by atoms with E-state index in [4.69, 9.17) is 14.4 Å². The van der Waals surface area contributed by atoms with E-state index in [2.05, 4.69) is 10.1 Å². The number of aliphatic carboxylic acids is 1. The first-order chi connectivity index (χ1) is 9.69. The van der Waals surface area contributed by atoms with Crippen LogP contribution in [-0.4, -0.2) is 28.3 Å². The molecule has 0 atom stereocenters. The van der Waals surface area contributed by atoms with Crippen molar-refractivity contribution >= 4 is 5.97 Å². The van der Waals surface area contributed by atoms with Crippen molar-refractivity contribution in [3.05, 3.63) is 30.2 Å². The molecule has 1 N–H and O–H groups in total. The second kappa shape index (κ2) is 6.70. The molecule has 106 valence electrons. The van der Waals surface area contributed by atoms with Gasteiger partial charge in [0.05, 0.1) is 7.11 Å². The maximum Gasteiger partial charge on any atom is 0.303 e. The fraction of sp³-hybridized carbons (Fsp3) is 0.357. The molecule has 20 heavy (non-hydrogen) atoms. The van der Waals surface area contributed by atoms with Gasteiger partial charge in [0.1, 0.15) is 5.75 Å². The van der Waals surface area contributed by atoms with E-state index in [1.165, 1.54) is 0 Å². The molecule has 0 saturated carbocycles. The van der Waals surface area contributed by atoms with Gasteiger partial charge >= 0.3 is 5.97 Å². The van der Waals surface area contributed by atoms with Crippen molar-refractivity contribution in [2.24, 2.45) is 0 Å². The quantitative estimate of drug-likeness (QED) is 0.782. The van der Waals surface area contributed by atoms with Crippen LogP contribution >= 0.6 is 0 Å². The molecule has 2 rings (SSSR count). The Bertz CT molecular complexity index is 563. The summed E-state index contributed by atoms with van der Waals surface area (Å²) in [5.74, 6) is 1.04. The topological polar surface area (TPSA) is 85.5 Å². The van der Waals surface area contributed by atoms with Crippen LogP contribution in [0.4, 0.5) is 0 Å². The van der Waals surface area contributed by atoms with Gasteiger partial charge in [0, 0.05) is 18.4 Å². The fourth-order valence-electron chi connectivity index (χ4n) is 1.77. The molecule has 1 aromatic carbocycles. The first kappa shape index (κ1) is 14.0. The van der Waals surface area contributed by atoms with Crippen LogP contribution in [-0.2, 0) is 11.2 Å². The number of methoxy groups -OCH3 is 1. The number of carboxylic acid groups (broad SMARTS) is 1. The number of benzene rings is 1. The number of ether oxygens (including phenoxy) is 1. The molecule has 1 aromatic heterocycles. The molecule has 0 fully saturated rings. The number of hydrogen-bond acceptors (Lipinski definition) is 5. The lowest BCUT2D eigenvalue weighted by Gasteiger charge is -1.98. The van der Waals surface area contributed by atoms with Gasteiger partial charge < -0.3 is 14.4 Å². The summed E-state index contributed by atoms with van der Waals surface area (Å²) in [4.78, 5) is 14.7. The Morgan fingerprint density at radius 1 is 1.30 bits per heavy atom. The van der Waals surface area contributed by atoms with E-state index in [1.807, 2.05) is 24.3 Å². The summed E-state index contributed by atoms with van der Waals surface area (Å²) in [5.41, 5.74) is 0.853. The van der Waals surface area contributed by atoms with Gasteiger partial charge in [-0.05, 0) is 37.1 Å². The van der Waals surface area contributed by atoms with E-state index in [0.717, 1.165) is 17.7 Å². The van der Waals surface area contributed by atoms with Crippen LogP contribution in [0.25, 0.3) is 11.4 Å². The van der Waals surface area contributed by atoms with Crippen LogP contribution in [0.2, 0.25) is 0 Å². The number of aryl methyl sites for hydroxylation is 1. The predicted molar refractivity (Wildman–Crippen MR) is 71.5 cm³/mol. The first-order valence-corrected chi connectivity index (χ1v) is 6.38. The largest absolute Gasteiger partial charge is 0.497 e. The van der Waals surface area contributed by atoms with E-state index in [0.29, 0.717) is 24.6 Å². The molecule has 0 saturated heterocycles. The molecular formula is C14H16N2O4. The Labute approximate surface area is 116 Å². The highest BCUT2D eigenvalue weighted by atomic mass is 16.5. The minimum absolute atomic E-state index is 0.166. The van der Waals surface area contributed by atoms with Gasteiger partial charge in [-0.2, -0.15) is 4.98 Å². The van der Waals surface area contributed by atoms with Gasteiger partial charge in [-0.3, -0.25) is 4.79 Å². The number of carbonyl (C=O) groups is 1. The predicted octanol–water partition coefficient (Wildman–Crippen LogP) is 2.54. The van der Waals surface area contributed by atoms with Crippen LogP contribution in [0.15, 0.2) is 28.8 Å². The summed E-state index contributed by atoms with van der Waals surface area (Å²) in [5, 5.41) is 12.5. The lowest BCUT2D eigenvalue weighted by Crippen LogP contribution is -1.95. The fourth-order valence-corrected chi connectivity index (χ4v) is 1.77. The van der Waals surface area contributed by atoms with Gasteiger partial charge in [0.2, 0.25) is 11.7 Å². The van der Waals surface area contributed by atoms with Crippen LogP contribution in [0.1, 0.15) is 25.2 Å². The highest BCUT2D eigenvalue weighted by molar-refractivity contribution is 5.66. The minimum atomic E-state index is -0.783. The molecule has 0 spiro atoms. The van der Waals surface area contributed by atoms with Gasteiger partial charge in [-0.1, -0.05) is 5.16 Å². The van der Waals surface area contributed by atoms with Gasteiger partial charge in [0.15, 0.2) is 0 Å². The van der Waals surface area contributed by atoms with E-state index in [1.54, 1.807) is 7.11 Å². The molecule has 0 radical (unpaired) electrons. The van der Waals surface area contributed by atoms with Crippen LogP contribution < -0.4 is 4.74 Å². The van der Waals surface area contributed by atoms with Crippen LogP contribution in [0.5, 0.6) is 5.75 Å². The number of rotatable bonds is 7. The molecule has 0 amide bonds. The average Bonchev–Trinajstić information content (AvgIpc) is 2.92. The standard InChI is InChI=1S/C14H16N2O4/c1-19-11-8-6-10(7-9-11)14-15-12(20-16-14)4-2-3-5-13(17)18/h6-9H,2-5H2,1H3,(H,17,18). The highest BCUT2D eigenvalue weighted by Gasteiger charge is 2.08. The minimum Gasteiger partial charge on any atom is -0.497 e. The smallest absolute Gasteiger partial charge is 0.303 e. The zero-order valence-corrected chi connectivity index (χ0v) is 11.2. The van der Waals surface area contributed by atoms with E-state index >= 15 is 0 Å². The number of carboxylic acids is 1. The van der Waals surface area contributed by atoms with Crippen molar-refractivity contribution in [2.75, 3.05) is 7.11 Å².